The number of aliphatic hydroxyl groups is 1. The number of benzene rings is 1. The third kappa shape index (κ3) is 3.20. The Labute approximate surface area is 164 Å². The number of aliphatic imine (C=N–C) groups is 1. The molecule has 0 aliphatic heterocycles. The minimum atomic E-state index is -0.471. The van der Waals surface area contributed by atoms with Crippen molar-refractivity contribution in [2.45, 2.75) is 31.7 Å². The van der Waals surface area contributed by atoms with E-state index in [9.17, 15) is 9.90 Å². The second-order valence-corrected chi connectivity index (χ2v) is 7.22. The molecule has 2 aliphatic carbocycles. The van der Waals surface area contributed by atoms with Crippen molar-refractivity contribution in [2.75, 3.05) is 6.61 Å². The van der Waals surface area contributed by atoms with E-state index in [1.165, 1.54) is 0 Å². The van der Waals surface area contributed by atoms with Gasteiger partial charge >= 0.3 is 0 Å². The highest BCUT2D eigenvalue weighted by Crippen LogP contribution is 2.56. The zero-order valence-electron chi connectivity index (χ0n) is 15.9. The van der Waals surface area contributed by atoms with Crippen molar-refractivity contribution < 1.29 is 9.90 Å². The Morgan fingerprint density at radius 1 is 1.46 bits per heavy atom. The lowest BCUT2D eigenvalue weighted by molar-refractivity contribution is 0.0910. The van der Waals surface area contributed by atoms with Crippen molar-refractivity contribution in [3.05, 3.63) is 77.8 Å². The lowest BCUT2D eigenvalue weighted by Crippen LogP contribution is -2.31. The van der Waals surface area contributed by atoms with Gasteiger partial charge in [-0.05, 0) is 37.3 Å². The molecule has 1 heterocycles. The molecule has 0 radical (unpaired) electrons. The molecule has 2 N–H and O–H groups in total. The van der Waals surface area contributed by atoms with Gasteiger partial charge in [-0.2, -0.15) is 5.10 Å². The van der Waals surface area contributed by atoms with Gasteiger partial charge in [0.25, 0.3) is 5.91 Å². The number of hydrogen-bond acceptors (Lipinski definition) is 4. The van der Waals surface area contributed by atoms with Crippen molar-refractivity contribution in [3.63, 3.8) is 0 Å². The van der Waals surface area contributed by atoms with Crippen LogP contribution in [0, 0.1) is 5.92 Å². The molecule has 4 rings (SSSR count). The van der Waals surface area contributed by atoms with Gasteiger partial charge in [-0.25, -0.2) is 9.67 Å². The van der Waals surface area contributed by atoms with E-state index in [0.29, 0.717) is 23.4 Å². The van der Waals surface area contributed by atoms with Gasteiger partial charge in [0.15, 0.2) is 11.5 Å². The van der Waals surface area contributed by atoms with E-state index in [1.54, 1.807) is 17.0 Å². The molecule has 6 nitrogen and oxygen atoms in total. The minimum absolute atomic E-state index is 0.176. The Morgan fingerprint density at radius 3 is 2.93 bits per heavy atom. The van der Waals surface area contributed by atoms with Crippen LogP contribution in [0.1, 0.15) is 52.6 Å². The molecule has 1 saturated carbocycles. The van der Waals surface area contributed by atoms with E-state index >= 15 is 0 Å². The Morgan fingerprint density at radius 2 is 2.25 bits per heavy atom. The maximum Gasteiger partial charge on any atom is 0.272 e. The molecule has 28 heavy (non-hydrogen) atoms. The smallest absolute Gasteiger partial charge is 0.272 e. The van der Waals surface area contributed by atoms with Gasteiger partial charge < -0.3 is 10.4 Å². The molecule has 0 unspecified atom stereocenters. The lowest BCUT2D eigenvalue weighted by atomic mass is 10.1. The third-order valence-corrected chi connectivity index (χ3v) is 5.42. The quantitative estimate of drug-likeness (QED) is 0.601. The molecule has 0 saturated heterocycles. The Kier molecular flexibility index (Phi) is 4.96. The maximum atomic E-state index is 13.0. The third-order valence-electron chi connectivity index (χ3n) is 5.42. The predicted molar refractivity (Wildman–Crippen MR) is 108 cm³/mol. The normalized spacial score (nSPS) is 21.3. The lowest BCUT2D eigenvalue weighted by Gasteiger charge is -2.16. The van der Waals surface area contributed by atoms with Gasteiger partial charge in [0.2, 0.25) is 0 Å². The molecule has 3 atom stereocenters. The van der Waals surface area contributed by atoms with E-state index in [1.807, 2.05) is 43.3 Å². The van der Waals surface area contributed by atoms with Crippen LogP contribution in [-0.4, -0.2) is 33.2 Å². The van der Waals surface area contributed by atoms with Gasteiger partial charge in [-0.1, -0.05) is 43.0 Å². The number of aliphatic hydroxyl groups excluding tert-OH is 1. The topological polar surface area (TPSA) is 79.5 Å². The summed E-state index contributed by atoms with van der Waals surface area (Å²) in [6.45, 7) is 5.57. The van der Waals surface area contributed by atoms with Gasteiger partial charge in [-0.3, -0.25) is 4.79 Å². The minimum Gasteiger partial charge on any atom is -0.394 e. The largest absolute Gasteiger partial charge is 0.394 e. The van der Waals surface area contributed by atoms with Crippen molar-refractivity contribution in [1.29, 1.82) is 0 Å². The van der Waals surface area contributed by atoms with Crippen LogP contribution in [0.4, 0.5) is 0 Å². The number of aromatic nitrogens is 2. The molecule has 0 spiro atoms. The number of nitrogens with zero attached hydrogens (tertiary/aromatic N) is 3. The molecular formula is C22H24N4O2. The van der Waals surface area contributed by atoms with Crippen molar-refractivity contribution in [2.24, 2.45) is 10.9 Å². The van der Waals surface area contributed by atoms with E-state index in [2.05, 4.69) is 22.0 Å². The van der Waals surface area contributed by atoms with Gasteiger partial charge in [-0.15, -0.1) is 0 Å². The fourth-order valence-electron chi connectivity index (χ4n) is 3.96. The zero-order chi connectivity index (χ0) is 19.7. The van der Waals surface area contributed by atoms with Gasteiger partial charge in [0.05, 0.1) is 18.3 Å². The van der Waals surface area contributed by atoms with Crippen LogP contribution in [0.3, 0.4) is 0 Å². The summed E-state index contributed by atoms with van der Waals surface area (Å²) in [6, 6.07) is 8.98. The first-order valence-electron chi connectivity index (χ1n) is 9.58. The molecule has 0 bridgehead atoms. The van der Waals surface area contributed by atoms with E-state index in [0.717, 1.165) is 29.7 Å². The van der Waals surface area contributed by atoms with Crippen LogP contribution in [0.15, 0.2) is 60.3 Å². The zero-order valence-corrected chi connectivity index (χ0v) is 15.9. The van der Waals surface area contributed by atoms with Gasteiger partial charge in [0, 0.05) is 17.7 Å². The van der Waals surface area contributed by atoms with E-state index in [4.69, 9.17) is 0 Å². The number of hydrogen-bond donors (Lipinski definition) is 2. The van der Waals surface area contributed by atoms with Crippen LogP contribution < -0.4 is 5.32 Å². The molecule has 1 aromatic heterocycles. The highest BCUT2D eigenvalue weighted by molar-refractivity contribution is 5.99. The van der Waals surface area contributed by atoms with Crippen LogP contribution in [0.5, 0.6) is 0 Å². The highest BCUT2D eigenvalue weighted by Gasteiger charge is 2.50. The second kappa shape index (κ2) is 7.56. The average molecular weight is 376 g/mol. The molecule has 1 fully saturated rings. The summed E-state index contributed by atoms with van der Waals surface area (Å²) in [5.41, 5.74) is 3.36. The summed E-state index contributed by atoms with van der Waals surface area (Å²) in [4.78, 5) is 17.4. The number of amides is 1. The van der Waals surface area contributed by atoms with E-state index < -0.39 is 6.04 Å². The average Bonchev–Trinajstić information content (AvgIpc) is 3.23. The van der Waals surface area contributed by atoms with Crippen LogP contribution >= 0.6 is 0 Å². The summed E-state index contributed by atoms with van der Waals surface area (Å²) >= 11 is 0. The number of nitrogens with one attached hydrogen (secondary N) is 1. The number of carbonyl (C=O) groups is 1. The Balaban J connectivity index is 1.67. The SMILES string of the molecule is C=CC(=N/C=C\C)n1nc(C(=O)N[C@H](CO)c2ccccc2)c2c1[C@H]1C[C@H]1C2. The van der Waals surface area contributed by atoms with Crippen molar-refractivity contribution in [1.82, 2.24) is 15.1 Å². The monoisotopic (exact) mass is 376 g/mol. The molecule has 2 aliphatic rings. The summed E-state index contributed by atoms with van der Waals surface area (Å²) in [7, 11) is 0. The summed E-state index contributed by atoms with van der Waals surface area (Å²) in [5.74, 6) is 1.39. The Hall–Kier alpha value is -2.99. The molecule has 144 valence electrons. The number of rotatable bonds is 6. The summed E-state index contributed by atoms with van der Waals surface area (Å²) in [6.07, 6.45) is 7.20. The van der Waals surface area contributed by atoms with Crippen LogP contribution in [0.2, 0.25) is 0 Å². The standard InChI is InChI=1S/C22H24N4O2/c1-3-10-23-19(4-2)26-21-16-11-15(16)12-17(21)20(25-26)22(28)24-18(13-27)14-8-6-5-7-9-14/h3-10,15-16,18,27H,2,11-13H2,1H3,(H,24,28)/b10-3-,23-19?/t15-,16-,18+/m0/s1. The first-order chi connectivity index (χ1) is 13.7. The molecule has 1 amide bonds. The summed E-state index contributed by atoms with van der Waals surface area (Å²) < 4.78 is 1.77. The van der Waals surface area contributed by atoms with Crippen LogP contribution in [-0.2, 0) is 6.42 Å². The highest BCUT2D eigenvalue weighted by atomic mass is 16.3. The fourth-order valence-corrected chi connectivity index (χ4v) is 3.96. The molecule has 2 aromatic rings. The first-order valence-corrected chi connectivity index (χ1v) is 9.58. The molecule has 6 heteroatoms. The maximum absolute atomic E-state index is 13.0. The second-order valence-electron chi connectivity index (χ2n) is 7.22. The molecule has 1 aromatic carbocycles. The van der Waals surface area contributed by atoms with Crippen LogP contribution in [0.25, 0.3) is 0 Å². The van der Waals surface area contributed by atoms with Crippen molar-refractivity contribution in [3.8, 4) is 0 Å². The Bertz CT molecular complexity index is 958. The number of fused-ring (bicyclic) bond motifs is 3. The molecular weight excluding hydrogens is 352 g/mol. The first kappa shape index (κ1) is 18.4. The van der Waals surface area contributed by atoms with Gasteiger partial charge in [0.1, 0.15) is 0 Å². The fraction of sp³-hybridized carbons (Fsp3) is 0.318. The number of allylic oxidation sites excluding steroid dienone is 2. The van der Waals surface area contributed by atoms with E-state index in [-0.39, 0.29) is 12.5 Å². The predicted octanol–water partition coefficient (Wildman–Crippen LogP) is 2.97. The van der Waals surface area contributed by atoms with Crippen molar-refractivity contribution >= 4 is 11.7 Å². The summed E-state index contributed by atoms with van der Waals surface area (Å²) in [5, 5.41) is 17.3. The number of carbonyl (C=O) groups excluding carboxylic acids is 1.